The van der Waals surface area contributed by atoms with Gasteiger partial charge in [-0.25, -0.2) is 0 Å². The molecule has 1 aliphatic carbocycles. The number of thiophene rings is 1. The topological polar surface area (TPSA) is 52.6 Å². The van der Waals surface area contributed by atoms with Crippen LogP contribution in [0.25, 0.3) is 0 Å². The van der Waals surface area contributed by atoms with Gasteiger partial charge in [-0.05, 0) is 50.6 Å². The van der Waals surface area contributed by atoms with Crippen molar-refractivity contribution in [2.24, 2.45) is 0 Å². The number of piperidine rings is 1. The van der Waals surface area contributed by atoms with Gasteiger partial charge in [0.25, 0.3) is 5.91 Å². The van der Waals surface area contributed by atoms with Gasteiger partial charge in [0.15, 0.2) is 0 Å². The van der Waals surface area contributed by atoms with Crippen LogP contribution in [-0.2, 0) is 4.79 Å². The van der Waals surface area contributed by atoms with Crippen molar-refractivity contribution in [1.82, 2.24) is 15.1 Å². The maximum Gasteiger partial charge on any atom is 0.261 e. The van der Waals surface area contributed by atoms with E-state index in [-0.39, 0.29) is 11.8 Å². The Morgan fingerprint density at radius 3 is 2.50 bits per heavy atom. The molecule has 2 fully saturated rings. The predicted molar refractivity (Wildman–Crippen MR) is 96.3 cm³/mol. The Morgan fingerprint density at radius 1 is 1.29 bits per heavy atom. The van der Waals surface area contributed by atoms with Crippen LogP contribution in [0.5, 0.6) is 0 Å². The zero-order valence-electron chi connectivity index (χ0n) is 14.5. The molecule has 0 aromatic carbocycles. The standard InChI is InChI=1S/C18H27N3O2S/c1-3-20-10-8-15(9-11-20)21(14-6-7-14)18(23)13(2)19-17(22)16-5-4-12-24-16/h4-5,12-15H,3,6-11H2,1-2H3,(H,19,22). The Kier molecular flexibility index (Phi) is 5.56. The van der Waals surface area contributed by atoms with Gasteiger partial charge in [0.05, 0.1) is 4.88 Å². The number of nitrogens with zero attached hydrogens (tertiary/aromatic N) is 2. The third-order valence-corrected chi connectivity index (χ3v) is 5.92. The number of rotatable bonds is 6. The lowest BCUT2D eigenvalue weighted by molar-refractivity contribution is -0.136. The fraction of sp³-hybridized carbons (Fsp3) is 0.667. The Hall–Kier alpha value is -1.40. The van der Waals surface area contributed by atoms with E-state index in [1.165, 1.54) is 11.3 Å². The lowest BCUT2D eigenvalue weighted by atomic mass is 10.0. The second-order valence-corrected chi connectivity index (χ2v) is 7.76. The molecule has 1 saturated carbocycles. The average molecular weight is 350 g/mol. The van der Waals surface area contributed by atoms with E-state index < -0.39 is 6.04 Å². The number of nitrogens with one attached hydrogen (secondary N) is 1. The van der Waals surface area contributed by atoms with Crippen molar-refractivity contribution in [1.29, 1.82) is 0 Å². The van der Waals surface area contributed by atoms with Gasteiger partial charge in [-0.15, -0.1) is 11.3 Å². The van der Waals surface area contributed by atoms with Crippen LogP contribution < -0.4 is 5.32 Å². The summed E-state index contributed by atoms with van der Waals surface area (Å²) < 4.78 is 0. The number of hydrogen-bond donors (Lipinski definition) is 1. The van der Waals surface area contributed by atoms with E-state index in [4.69, 9.17) is 0 Å². The summed E-state index contributed by atoms with van der Waals surface area (Å²) in [7, 11) is 0. The number of likely N-dealkylation sites (tertiary alicyclic amines) is 1. The van der Waals surface area contributed by atoms with E-state index in [0.717, 1.165) is 45.3 Å². The largest absolute Gasteiger partial charge is 0.340 e. The van der Waals surface area contributed by atoms with Crippen LogP contribution >= 0.6 is 11.3 Å². The van der Waals surface area contributed by atoms with E-state index in [9.17, 15) is 9.59 Å². The molecule has 0 spiro atoms. The summed E-state index contributed by atoms with van der Waals surface area (Å²) in [6.45, 7) is 7.20. The molecule has 2 aliphatic rings. The van der Waals surface area contributed by atoms with Crippen molar-refractivity contribution < 1.29 is 9.59 Å². The minimum atomic E-state index is -0.468. The van der Waals surface area contributed by atoms with E-state index in [1.54, 1.807) is 6.07 Å². The van der Waals surface area contributed by atoms with E-state index in [2.05, 4.69) is 22.0 Å². The van der Waals surface area contributed by atoms with Crippen molar-refractivity contribution in [3.63, 3.8) is 0 Å². The Labute approximate surface area is 148 Å². The van der Waals surface area contributed by atoms with Crippen LogP contribution in [0.4, 0.5) is 0 Å². The highest BCUT2D eigenvalue weighted by Gasteiger charge is 2.40. The van der Waals surface area contributed by atoms with Gasteiger partial charge < -0.3 is 15.1 Å². The molecular formula is C18H27N3O2S. The molecule has 0 bridgehead atoms. The molecule has 1 N–H and O–H groups in total. The first kappa shape index (κ1) is 17.4. The summed E-state index contributed by atoms with van der Waals surface area (Å²) in [6, 6.07) is 3.88. The predicted octanol–water partition coefficient (Wildman–Crippen LogP) is 2.34. The molecule has 1 saturated heterocycles. The SMILES string of the molecule is CCN1CCC(N(C(=O)C(C)NC(=O)c2cccs2)C2CC2)CC1. The Morgan fingerprint density at radius 2 is 1.96 bits per heavy atom. The quantitative estimate of drug-likeness (QED) is 0.858. The second kappa shape index (κ2) is 7.66. The average Bonchev–Trinajstić information content (AvgIpc) is 3.26. The van der Waals surface area contributed by atoms with Crippen molar-refractivity contribution >= 4 is 23.2 Å². The van der Waals surface area contributed by atoms with Gasteiger partial charge in [0, 0.05) is 25.2 Å². The van der Waals surface area contributed by atoms with E-state index in [0.29, 0.717) is 17.0 Å². The Bertz CT molecular complexity index is 563. The Balaban J connectivity index is 1.61. The number of carbonyl (C=O) groups is 2. The van der Waals surface area contributed by atoms with Crippen LogP contribution in [0.15, 0.2) is 17.5 Å². The first-order chi connectivity index (χ1) is 11.6. The summed E-state index contributed by atoms with van der Waals surface area (Å²) in [5.41, 5.74) is 0. The van der Waals surface area contributed by atoms with Crippen molar-refractivity contribution in [2.45, 2.75) is 57.7 Å². The lowest BCUT2D eigenvalue weighted by Crippen LogP contribution is -2.54. The highest BCUT2D eigenvalue weighted by Crippen LogP contribution is 2.32. The molecule has 24 heavy (non-hydrogen) atoms. The summed E-state index contributed by atoms with van der Waals surface area (Å²) in [6.07, 6.45) is 4.29. The van der Waals surface area contributed by atoms with Crippen molar-refractivity contribution in [2.75, 3.05) is 19.6 Å². The number of amides is 2. The molecule has 1 atom stereocenters. The molecule has 5 nitrogen and oxygen atoms in total. The molecule has 2 amide bonds. The molecule has 132 valence electrons. The summed E-state index contributed by atoms with van der Waals surface area (Å²) in [5.74, 6) is -0.0697. The normalized spacial score (nSPS) is 20.6. The number of carbonyl (C=O) groups excluding carboxylic acids is 2. The van der Waals surface area contributed by atoms with Crippen LogP contribution in [0, 0.1) is 0 Å². The second-order valence-electron chi connectivity index (χ2n) is 6.81. The van der Waals surface area contributed by atoms with Gasteiger partial charge in [0.2, 0.25) is 5.91 Å². The monoisotopic (exact) mass is 349 g/mol. The first-order valence-corrected chi connectivity index (χ1v) is 9.87. The van der Waals surface area contributed by atoms with Gasteiger partial charge in [-0.2, -0.15) is 0 Å². The van der Waals surface area contributed by atoms with Crippen molar-refractivity contribution in [3.05, 3.63) is 22.4 Å². The summed E-state index contributed by atoms with van der Waals surface area (Å²) in [5, 5.41) is 4.75. The first-order valence-electron chi connectivity index (χ1n) is 8.99. The van der Waals surface area contributed by atoms with Crippen molar-refractivity contribution in [3.8, 4) is 0 Å². The minimum absolute atomic E-state index is 0.0809. The third-order valence-electron chi connectivity index (χ3n) is 5.06. The van der Waals surface area contributed by atoms with E-state index >= 15 is 0 Å². The van der Waals surface area contributed by atoms with Crippen LogP contribution in [0.1, 0.15) is 49.2 Å². The fourth-order valence-corrected chi connectivity index (χ4v) is 4.11. The molecule has 1 aromatic rings. The maximum atomic E-state index is 13.0. The fourth-order valence-electron chi connectivity index (χ4n) is 3.49. The molecule has 1 aliphatic heterocycles. The van der Waals surface area contributed by atoms with Crippen LogP contribution in [0.2, 0.25) is 0 Å². The molecule has 3 rings (SSSR count). The zero-order chi connectivity index (χ0) is 17.1. The summed E-state index contributed by atoms with van der Waals surface area (Å²) in [4.78, 5) is 30.4. The molecule has 2 heterocycles. The maximum absolute atomic E-state index is 13.0. The van der Waals surface area contributed by atoms with Gasteiger partial charge in [-0.1, -0.05) is 13.0 Å². The van der Waals surface area contributed by atoms with Crippen LogP contribution in [-0.4, -0.2) is 59.4 Å². The van der Waals surface area contributed by atoms with Gasteiger partial charge >= 0.3 is 0 Å². The number of hydrogen-bond acceptors (Lipinski definition) is 4. The third kappa shape index (κ3) is 3.98. The molecular weight excluding hydrogens is 322 g/mol. The highest BCUT2D eigenvalue weighted by molar-refractivity contribution is 7.12. The minimum Gasteiger partial charge on any atom is -0.340 e. The van der Waals surface area contributed by atoms with E-state index in [1.807, 2.05) is 18.4 Å². The molecule has 6 heteroatoms. The molecule has 1 unspecified atom stereocenters. The molecule has 0 radical (unpaired) electrons. The summed E-state index contributed by atoms with van der Waals surface area (Å²) >= 11 is 1.40. The lowest BCUT2D eigenvalue weighted by Gasteiger charge is -2.39. The van der Waals surface area contributed by atoms with Gasteiger partial charge in [0.1, 0.15) is 6.04 Å². The molecule has 1 aromatic heterocycles. The van der Waals surface area contributed by atoms with Gasteiger partial charge in [-0.3, -0.25) is 9.59 Å². The smallest absolute Gasteiger partial charge is 0.261 e. The van der Waals surface area contributed by atoms with Crippen LogP contribution in [0.3, 0.4) is 0 Å². The highest BCUT2D eigenvalue weighted by atomic mass is 32.1. The zero-order valence-corrected chi connectivity index (χ0v) is 15.3.